The number of amides is 1. The van der Waals surface area contributed by atoms with E-state index in [1.54, 1.807) is 24.3 Å². The molecule has 0 saturated heterocycles. The molecule has 0 bridgehead atoms. The predicted octanol–water partition coefficient (Wildman–Crippen LogP) is 2.83. The zero-order valence-corrected chi connectivity index (χ0v) is 17.8. The second-order valence-corrected chi connectivity index (χ2v) is 8.61. The number of hydrogen-bond donors (Lipinski definition) is 1. The molecule has 0 saturated carbocycles. The maximum absolute atomic E-state index is 12.2. The lowest BCUT2D eigenvalue weighted by Crippen LogP contribution is -2.37. The van der Waals surface area contributed by atoms with E-state index in [-0.39, 0.29) is 24.9 Å². The average Bonchev–Trinajstić information content (AvgIpc) is 2.69. The van der Waals surface area contributed by atoms with Crippen LogP contribution in [0.4, 0.5) is 5.69 Å². The topological polar surface area (TPSA) is 84.9 Å². The van der Waals surface area contributed by atoms with Crippen LogP contribution in [0.2, 0.25) is 0 Å². The number of rotatable bonds is 11. The van der Waals surface area contributed by atoms with Crippen LogP contribution in [-0.4, -0.2) is 46.9 Å². The number of sulfonamides is 1. The Balaban J connectivity index is 1.85. The molecule has 2 aromatic rings. The number of carbonyl (C=O) groups excluding carboxylic acids is 1. The van der Waals surface area contributed by atoms with E-state index >= 15 is 0 Å². The van der Waals surface area contributed by atoms with Crippen molar-refractivity contribution >= 4 is 21.6 Å². The Hall–Kier alpha value is -2.74. The molecule has 2 aromatic carbocycles. The summed E-state index contributed by atoms with van der Waals surface area (Å²) < 4.78 is 36.6. The molecule has 0 aliphatic carbocycles. The third-order valence-corrected chi connectivity index (χ3v) is 5.35. The SMILES string of the molecule is COc1ccccc1N(CCCC(=O)N[C@@H](C)COc1ccccc1)S(C)(=O)=O. The molecule has 1 amide bonds. The fourth-order valence-electron chi connectivity index (χ4n) is 2.81. The molecular weight excluding hydrogens is 392 g/mol. The van der Waals surface area contributed by atoms with E-state index in [0.717, 1.165) is 12.0 Å². The van der Waals surface area contributed by atoms with Crippen LogP contribution in [0.5, 0.6) is 11.5 Å². The summed E-state index contributed by atoms with van der Waals surface area (Å²) in [6.45, 7) is 2.40. The van der Waals surface area contributed by atoms with Crippen LogP contribution in [0.3, 0.4) is 0 Å². The Morgan fingerprint density at radius 2 is 1.76 bits per heavy atom. The number of para-hydroxylation sites is 3. The van der Waals surface area contributed by atoms with Gasteiger partial charge < -0.3 is 14.8 Å². The van der Waals surface area contributed by atoms with Gasteiger partial charge in [0, 0.05) is 13.0 Å². The van der Waals surface area contributed by atoms with Gasteiger partial charge in [-0.25, -0.2) is 8.42 Å². The standard InChI is InChI=1S/C21H28N2O5S/c1-17(16-28-18-10-5-4-6-11-18)22-21(24)14-9-15-23(29(3,25)26)19-12-7-8-13-20(19)27-2/h4-8,10-13,17H,9,14-16H2,1-3H3,(H,22,24)/t17-/m0/s1. The van der Waals surface area contributed by atoms with E-state index in [4.69, 9.17) is 9.47 Å². The van der Waals surface area contributed by atoms with Crippen molar-refractivity contribution in [2.24, 2.45) is 0 Å². The van der Waals surface area contributed by atoms with Gasteiger partial charge in [0.15, 0.2) is 0 Å². The smallest absolute Gasteiger partial charge is 0.232 e. The summed E-state index contributed by atoms with van der Waals surface area (Å²) in [6, 6.07) is 16.1. The lowest BCUT2D eigenvalue weighted by atomic mass is 10.2. The van der Waals surface area contributed by atoms with Crippen molar-refractivity contribution in [1.82, 2.24) is 5.32 Å². The summed E-state index contributed by atoms with van der Waals surface area (Å²) in [7, 11) is -2.02. The molecule has 0 aromatic heterocycles. The van der Waals surface area contributed by atoms with Crippen LogP contribution >= 0.6 is 0 Å². The number of methoxy groups -OCH3 is 1. The molecule has 0 aliphatic rings. The summed E-state index contributed by atoms with van der Waals surface area (Å²) in [5, 5.41) is 2.87. The molecule has 8 heteroatoms. The molecule has 0 spiro atoms. The second-order valence-electron chi connectivity index (χ2n) is 6.70. The molecule has 0 heterocycles. The van der Waals surface area contributed by atoms with Crippen molar-refractivity contribution < 1.29 is 22.7 Å². The third-order valence-electron chi connectivity index (χ3n) is 4.17. The van der Waals surface area contributed by atoms with Crippen LogP contribution in [-0.2, 0) is 14.8 Å². The lowest BCUT2D eigenvalue weighted by Gasteiger charge is -2.24. The van der Waals surface area contributed by atoms with Gasteiger partial charge in [-0.2, -0.15) is 0 Å². The number of ether oxygens (including phenoxy) is 2. The highest BCUT2D eigenvalue weighted by atomic mass is 32.2. The fraction of sp³-hybridized carbons (Fsp3) is 0.381. The Morgan fingerprint density at radius 1 is 1.10 bits per heavy atom. The quantitative estimate of drug-likeness (QED) is 0.604. The van der Waals surface area contributed by atoms with Gasteiger partial charge in [0.25, 0.3) is 0 Å². The Morgan fingerprint density at radius 3 is 2.41 bits per heavy atom. The normalized spacial score (nSPS) is 12.1. The van der Waals surface area contributed by atoms with E-state index in [2.05, 4.69) is 5.32 Å². The van der Waals surface area contributed by atoms with Crippen molar-refractivity contribution in [2.45, 2.75) is 25.8 Å². The van der Waals surface area contributed by atoms with Crippen LogP contribution < -0.4 is 19.1 Å². The summed E-state index contributed by atoms with van der Waals surface area (Å²) in [5.41, 5.74) is 0.461. The molecule has 29 heavy (non-hydrogen) atoms. The Kier molecular flexibility index (Phi) is 8.33. The van der Waals surface area contributed by atoms with Crippen molar-refractivity contribution in [3.63, 3.8) is 0 Å². The Bertz CT molecular complexity index is 887. The van der Waals surface area contributed by atoms with Gasteiger partial charge in [-0.3, -0.25) is 9.10 Å². The van der Waals surface area contributed by atoms with E-state index < -0.39 is 10.0 Å². The first-order valence-electron chi connectivity index (χ1n) is 9.39. The molecule has 0 unspecified atom stereocenters. The van der Waals surface area contributed by atoms with Crippen molar-refractivity contribution in [3.05, 3.63) is 54.6 Å². The lowest BCUT2D eigenvalue weighted by molar-refractivity contribution is -0.121. The van der Waals surface area contributed by atoms with Gasteiger partial charge in [0.05, 0.1) is 25.1 Å². The third kappa shape index (κ3) is 7.30. The number of carbonyl (C=O) groups is 1. The highest BCUT2D eigenvalue weighted by Crippen LogP contribution is 2.29. The zero-order valence-electron chi connectivity index (χ0n) is 17.0. The molecule has 2 rings (SSSR count). The molecule has 7 nitrogen and oxygen atoms in total. The molecule has 0 aliphatic heterocycles. The minimum absolute atomic E-state index is 0.150. The summed E-state index contributed by atoms with van der Waals surface area (Å²) in [4.78, 5) is 12.2. The molecular formula is C21H28N2O5S. The monoisotopic (exact) mass is 420 g/mol. The summed E-state index contributed by atoms with van der Waals surface area (Å²) in [6.07, 6.45) is 1.72. The van der Waals surface area contributed by atoms with Crippen LogP contribution in [0, 0.1) is 0 Å². The molecule has 1 N–H and O–H groups in total. The summed E-state index contributed by atoms with van der Waals surface area (Å²) in [5.74, 6) is 1.06. The molecule has 158 valence electrons. The fourth-order valence-corrected chi connectivity index (χ4v) is 3.78. The first-order valence-corrected chi connectivity index (χ1v) is 11.2. The van der Waals surface area contributed by atoms with E-state index in [1.807, 2.05) is 37.3 Å². The van der Waals surface area contributed by atoms with Crippen molar-refractivity contribution in [3.8, 4) is 11.5 Å². The van der Waals surface area contributed by atoms with E-state index in [9.17, 15) is 13.2 Å². The zero-order chi connectivity index (χ0) is 21.3. The maximum atomic E-state index is 12.2. The van der Waals surface area contributed by atoms with Crippen LogP contribution in [0.15, 0.2) is 54.6 Å². The number of benzene rings is 2. The largest absolute Gasteiger partial charge is 0.495 e. The number of hydrogen-bond acceptors (Lipinski definition) is 5. The first kappa shape index (κ1) is 22.5. The first-order chi connectivity index (χ1) is 13.8. The van der Waals surface area contributed by atoms with Gasteiger partial charge in [-0.15, -0.1) is 0 Å². The van der Waals surface area contributed by atoms with Crippen LogP contribution in [0.1, 0.15) is 19.8 Å². The number of anilines is 1. The summed E-state index contributed by atoms with van der Waals surface area (Å²) >= 11 is 0. The van der Waals surface area contributed by atoms with E-state index in [0.29, 0.717) is 24.5 Å². The van der Waals surface area contributed by atoms with Crippen molar-refractivity contribution in [1.29, 1.82) is 0 Å². The van der Waals surface area contributed by atoms with E-state index in [1.165, 1.54) is 11.4 Å². The number of nitrogens with zero attached hydrogens (tertiary/aromatic N) is 1. The van der Waals surface area contributed by atoms with Gasteiger partial charge in [-0.05, 0) is 37.6 Å². The highest BCUT2D eigenvalue weighted by Gasteiger charge is 2.21. The van der Waals surface area contributed by atoms with Gasteiger partial charge >= 0.3 is 0 Å². The molecule has 1 atom stereocenters. The highest BCUT2D eigenvalue weighted by molar-refractivity contribution is 7.92. The van der Waals surface area contributed by atoms with Crippen LogP contribution in [0.25, 0.3) is 0 Å². The second kappa shape index (κ2) is 10.7. The number of nitrogens with one attached hydrogen (secondary N) is 1. The van der Waals surface area contributed by atoms with Gasteiger partial charge in [0.1, 0.15) is 18.1 Å². The van der Waals surface area contributed by atoms with Gasteiger partial charge in [0.2, 0.25) is 15.9 Å². The molecule has 0 radical (unpaired) electrons. The Labute approximate surface area is 172 Å². The van der Waals surface area contributed by atoms with Crippen molar-refractivity contribution in [2.75, 3.05) is 30.8 Å². The maximum Gasteiger partial charge on any atom is 0.232 e. The molecule has 0 fully saturated rings. The average molecular weight is 421 g/mol. The minimum Gasteiger partial charge on any atom is -0.495 e. The predicted molar refractivity (Wildman–Crippen MR) is 114 cm³/mol. The minimum atomic E-state index is -3.51. The van der Waals surface area contributed by atoms with Gasteiger partial charge in [-0.1, -0.05) is 30.3 Å².